The second-order valence-corrected chi connectivity index (χ2v) is 6.58. The van der Waals surface area contributed by atoms with Gasteiger partial charge in [0.2, 0.25) is 5.91 Å². The molecule has 4 nitrogen and oxygen atoms in total. The predicted molar refractivity (Wildman–Crippen MR) is 78.2 cm³/mol. The lowest BCUT2D eigenvalue weighted by Gasteiger charge is -2.27. The second-order valence-electron chi connectivity index (χ2n) is 6.58. The van der Waals surface area contributed by atoms with Gasteiger partial charge >= 0.3 is 0 Å². The fourth-order valence-corrected chi connectivity index (χ4v) is 3.56. The lowest BCUT2D eigenvalue weighted by molar-refractivity contribution is -0.122. The topological polar surface area (TPSA) is 57.8 Å². The normalized spacial score (nSPS) is 28.1. The van der Waals surface area contributed by atoms with Gasteiger partial charge in [0.05, 0.1) is 6.33 Å². The highest BCUT2D eigenvalue weighted by atomic mass is 16.2. The molecule has 2 aliphatic rings. The van der Waals surface area contributed by atoms with E-state index in [1.165, 1.54) is 32.1 Å². The molecule has 2 fully saturated rings. The highest BCUT2D eigenvalue weighted by Gasteiger charge is 2.44. The van der Waals surface area contributed by atoms with Crippen LogP contribution in [0.15, 0.2) is 12.5 Å². The van der Waals surface area contributed by atoms with E-state index in [1.807, 2.05) is 6.20 Å². The summed E-state index contributed by atoms with van der Waals surface area (Å²) in [6.07, 6.45) is 11.3. The van der Waals surface area contributed by atoms with Gasteiger partial charge in [0.25, 0.3) is 0 Å². The Hall–Kier alpha value is -1.32. The summed E-state index contributed by atoms with van der Waals surface area (Å²) in [5.74, 6) is 2.18. The number of imidazole rings is 1. The summed E-state index contributed by atoms with van der Waals surface area (Å²) in [5.41, 5.74) is 1.10. The Morgan fingerprint density at radius 2 is 2.25 bits per heavy atom. The molecular formula is C16H25N3O. The summed E-state index contributed by atoms with van der Waals surface area (Å²) >= 11 is 0. The SMILES string of the molecule is CC(CNC(=O)C1CC1c1cnc[nH]1)C1CCCCC1. The minimum Gasteiger partial charge on any atom is -0.356 e. The van der Waals surface area contributed by atoms with Crippen molar-refractivity contribution in [2.75, 3.05) is 6.54 Å². The van der Waals surface area contributed by atoms with Crippen LogP contribution < -0.4 is 5.32 Å². The molecule has 2 aliphatic carbocycles. The first-order valence-electron chi connectivity index (χ1n) is 8.01. The van der Waals surface area contributed by atoms with E-state index < -0.39 is 0 Å². The van der Waals surface area contributed by atoms with Gasteiger partial charge in [-0.25, -0.2) is 4.98 Å². The third kappa shape index (κ3) is 3.05. The van der Waals surface area contributed by atoms with Crippen molar-refractivity contribution in [3.8, 4) is 0 Å². The van der Waals surface area contributed by atoms with Gasteiger partial charge in [-0.2, -0.15) is 0 Å². The fraction of sp³-hybridized carbons (Fsp3) is 0.750. The number of amides is 1. The number of H-pyrrole nitrogens is 1. The Balaban J connectivity index is 1.41. The highest BCUT2D eigenvalue weighted by molar-refractivity contribution is 5.82. The van der Waals surface area contributed by atoms with Crippen LogP contribution in [0.1, 0.15) is 57.1 Å². The number of nitrogens with zero attached hydrogens (tertiary/aromatic N) is 1. The summed E-state index contributed by atoms with van der Waals surface area (Å²) in [7, 11) is 0. The van der Waals surface area contributed by atoms with Crippen molar-refractivity contribution in [3.05, 3.63) is 18.2 Å². The van der Waals surface area contributed by atoms with Crippen LogP contribution >= 0.6 is 0 Å². The first-order valence-corrected chi connectivity index (χ1v) is 8.01. The van der Waals surface area contributed by atoms with Crippen molar-refractivity contribution in [1.29, 1.82) is 0 Å². The molecular weight excluding hydrogens is 250 g/mol. The van der Waals surface area contributed by atoms with Crippen LogP contribution in [-0.2, 0) is 4.79 Å². The summed E-state index contributed by atoms with van der Waals surface area (Å²) in [4.78, 5) is 19.3. The van der Waals surface area contributed by atoms with Gasteiger partial charge in [-0.3, -0.25) is 4.79 Å². The Labute approximate surface area is 120 Å². The van der Waals surface area contributed by atoms with Crippen LogP contribution in [0.2, 0.25) is 0 Å². The smallest absolute Gasteiger partial charge is 0.223 e. The summed E-state index contributed by atoms with van der Waals surface area (Å²) in [6.45, 7) is 3.13. The van der Waals surface area contributed by atoms with E-state index in [0.29, 0.717) is 11.8 Å². The third-order valence-corrected chi connectivity index (χ3v) is 5.10. The molecule has 1 aromatic heterocycles. The van der Waals surface area contributed by atoms with Gasteiger partial charge in [-0.05, 0) is 18.3 Å². The average molecular weight is 275 g/mol. The largest absolute Gasteiger partial charge is 0.356 e. The highest BCUT2D eigenvalue weighted by Crippen LogP contribution is 2.46. The van der Waals surface area contributed by atoms with Crippen LogP contribution in [0.3, 0.4) is 0 Å². The summed E-state index contributed by atoms with van der Waals surface area (Å²) in [5, 5.41) is 3.16. The van der Waals surface area contributed by atoms with Crippen LogP contribution in [0.4, 0.5) is 0 Å². The molecule has 110 valence electrons. The van der Waals surface area contributed by atoms with Crippen molar-refractivity contribution in [1.82, 2.24) is 15.3 Å². The van der Waals surface area contributed by atoms with E-state index in [-0.39, 0.29) is 11.8 Å². The van der Waals surface area contributed by atoms with E-state index in [9.17, 15) is 4.79 Å². The van der Waals surface area contributed by atoms with Crippen LogP contribution in [-0.4, -0.2) is 22.4 Å². The summed E-state index contributed by atoms with van der Waals surface area (Å²) < 4.78 is 0. The van der Waals surface area contributed by atoms with Crippen molar-refractivity contribution >= 4 is 5.91 Å². The number of rotatable bonds is 5. The zero-order chi connectivity index (χ0) is 13.9. The van der Waals surface area contributed by atoms with Crippen molar-refractivity contribution < 1.29 is 4.79 Å². The molecule has 2 N–H and O–H groups in total. The van der Waals surface area contributed by atoms with Crippen LogP contribution in [0.25, 0.3) is 0 Å². The van der Waals surface area contributed by atoms with Gasteiger partial charge in [0.15, 0.2) is 0 Å². The molecule has 2 saturated carbocycles. The molecule has 1 amide bonds. The zero-order valence-electron chi connectivity index (χ0n) is 12.3. The number of hydrogen-bond donors (Lipinski definition) is 2. The minimum atomic E-state index is 0.161. The number of aromatic nitrogens is 2. The molecule has 0 spiro atoms. The molecule has 0 aromatic carbocycles. The van der Waals surface area contributed by atoms with Crippen molar-refractivity contribution in [2.24, 2.45) is 17.8 Å². The number of hydrogen-bond acceptors (Lipinski definition) is 2. The Kier molecular flexibility index (Phi) is 4.08. The lowest BCUT2D eigenvalue weighted by atomic mass is 9.81. The first-order chi connectivity index (χ1) is 9.75. The van der Waals surface area contributed by atoms with Gasteiger partial charge in [-0.1, -0.05) is 39.0 Å². The standard InChI is InChI=1S/C16H25N3O/c1-11(12-5-3-2-4-6-12)8-18-16(20)14-7-13(14)15-9-17-10-19-15/h9-14H,2-8H2,1H3,(H,17,19)(H,18,20). The van der Waals surface area contributed by atoms with E-state index >= 15 is 0 Å². The van der Waals surface area contributed by atoms with E-state index in [2.05, 4.69) is 22.2 Å². The maximum Gasteiger partial charge on any atom is 0.223 e. The molecule has 3 atom stereocenters. The summed E-state index contributed by atoms with van der Waals surface area (Å²) in [6, 6.07) is 0. The maximum atomic E-state index is 12.2. The predicted octanol–water partition coefficient (Wildman–Crippen LogP) is 2.85. The molecule has 3 rings (SSSR count). The number of aromatic amines is 1. The van der Waals surface area contributed by atoms with Gasteiger partial charge in [0, 0.05) is 30.3 Å². The lowest BCUT2D eigenvalue weighted by Crippen LogP contribution is -2.33. The molecule has 0 aliphatic heterocycles. The number of carbonyl (C=O) groups is 1. The van der Waals surface area contributed by atoms with Gasteiger partial charge in [-0.15, -0.1) is 0 Å². The Morgan fingerprint density at radius 3 is 2.95 bits per heavy atom. The molecule has 0 bridgehead atoms. The van der Waals surface area contributed by atoms with Gasteiger partial charge < -0.3 is 10.3 Å². The van der Waals surface area contributed by atoms with Crippen molar-refractivity contribution in [2.45, 2.75) is 51.4 Å². The molecule has 0 saturated heterocycles. The first kappa shape index (κ1) is 13.7. The Morgan fingerprint density at radius 1 is 1.45 bits per heavy atom. The van der Waals surface area contributed by atoms with Gasteiger partial charge in [0.1, 0.15) is 0 Å². The van der Waals surface area contributed by atoms with E-state index in [1.54, 1.807) is 6.33 Å². The Bertz CT molecular complexity index is 437. The number of carbonyl (C=O) groups excluding carboxylic acids is 1. The van der Waals surface area contributed by atoms with Crippen LogP contribution in [0.5, 0.6) is 0 Å². The molecule has 4 heteroatoms. The minimum absolute atomic E-state index is 0.161. The average Bonchev–Trinajstić information content (AvgIpc) is 3.11. The van der Waals surface area contributed by atoms with Crippen molar-refractivity contribution in [3.63, 3.8) is 0 Å². The second kappa shape index (κ2) is 5.98. The quantitative estimate of drug-likeness (QED) is 0.868. The maximum absolute atomic E-state index is 12.2. The molecule has 1 heterocycles. The fourth-order valence-electron chi connectivity index (χ4n) is 3.56. The zero-order valence-corrected chi connectivity index (χ0v) is 12.3. The molecule has 1 aromatic rings. The van der Waals surface area contributed by atoms with Crippen LogP contribution in [0, 0.1) is 17.8 Å². The monoisotopic (exact) mass is 275 g/mol. The molecule has 0 radical (unpaired) electrons. The van der Waals surface area contributed by atoms with E-state index in [0.717, 1.165) is 24.6 Å². The van der Waals surface area contributed by atoms with E-state index in [4.69, 9.17) is 0 Å². The molecule has 3 unspecified atom stereocenters. The number of nitrogens with one attached hydrogen (secondary N) is 2. The molecule has 20 heavy (non-hydrogen) atoms. The third-order valence-electron chi connectivity index (χ3n) is 5.10.